The smallest absolute Gasteiger partial charge is 0.306 e. The van der Waals surface area contributed by atoms with Gasteiger partial charge in [0.05, 0.1) is 6.61 Å². The SMILES string of the molecule is CCCCCCCCCCN=Cc1ccc(OCCCCC(=O)O[C@H]2CC[C@@]3(C)C(=CC[C@H]4[C@@H]5CC[C@H]([C@H](C)CCCC(C)C)[C@@]5(C)CC[C@@H]43)C2)cc1O. The third kappa shape index (κ3) is 11.2. The number of carbonyl (C=O) groups is 1. The van der Waals surface area contributed by atoms with Gasteiger partial charge < -0.3 is 14.6 Å². The van der Waals surface area contributed by atoms with Crippen molar-refractivity contribution in [2.24, 2.45) is 51.3 Å². The van der Waals surface area contributed by atoms with Gasteiger partial charge in [0, 0.05) is 37.2 Å². The van der Waals surface area contributed by atoms with Gasteiger partial charge in [-0.3, -0.25) is 9.79 Å². The number of phenols is 1. The highest BCUT2D eigenvalue weighted by Crippen LogP contribution is 2.67. The van der Waals surface area contributed by atoms with Crippen molar-refractivity contribution in [3.63, 3.8) is 0 Å². The molecule has 0 heterocycles. The average Bonchev–Trinajstić information content (AvgIpc) is 3.50. The Labute approximate surface area is 330 Å². The van der Waals surface area contributed by atoms with Crippen LogP contribution in [0.3, 0.4) is 0 Å². The van der Waals surface area contributed by atoms with Crippen LogP contribution in [0.5, 0.6) is 11.5 Å². The van der Waals surface area contributed by atoms with Gasteiger partial charge in [0.2, 0.25) is 0 Å². The van der Waals surface area contributed by atoms with E-state index in [1.807, 2.05) is 12.1 Å². The second kappa shape index (κ2) is 20.7. The number of rotatable bonds is 22. The molecule has 0 radical (unpaired) electrons. The van der Waals surface area contributed by atoms with E-state index in [2.05, 4.69) is 52.6 Å². The number of carbonyl (C=O) groups excluding carboxylic acids is 1. The lowest BCUT2D eigenvalue weighted by atomic mass is 9.47. The normalized spacial score (nSPS) is 29.8. The summed E-state index contributed by atoms with van der Waals surface area (Å²) in [6.45, 7) is 16.1. The largest absolute Gasteiger partial charge is 0.507 e. The molecule has 4 aliphatic rings. The van der Waals surface area contributed by atoms with Gasteiger partial charge in [-0.2, -0.15) is 0 Å². The zero-order chi connectivity index (χ0) is 38.6. The number of nitrogens with zero attached hydrogens (tertiary/aromatic N) is 1. The van der Waals surface area contributed by atoms with E-state index >= 15 is 0 Å². The lowest BCUT2D eigenvalue weighted by Crippen LogP contribution is -2.51. The minimum atomic E-state index is -0.0703. The van der Waals surface area contributed by atoms with Crippen molar-refractivity contribution < 1.29 is 19.4 Å². The molecule has 0 aromatic heterocycles. The van der Waals surface area contributed by atoms with Crippen molar-refractivity contribution in [3.05, 3.63) is 35.4 Å². The first-order chi connectivity index (χ1) is 26.0. The van der Waals surface area contributed by atoms with Gasteiger partial charge in [0.15, 0.2) is 0 Å². The number of hydrogen-bond donors (Lipinski definition) is 1. The van der Waals surface area contributed by atoms with Crippen molar-refractivity contribution >= 4 is 12.2 Å². The van der Waals surface area contributed by atoms with Crippen LogP contribution in [0.4, 0.5) is 0 Å². The first-order valence-electron chi connectivity index (χ1n) is 22.9. The molecule has 3 saturated carbocycles. The summed E-state index contributed by atoms with van der Waals surface area (Å²) in [4.78, 5) is 17.4. The summed E-state index contributed by atoms with van der Waals surface area (Å²) in [5.74, 6) is 5.83. The molecule has 4 aliphatic carbocycles. The summed E-state index contributed by atoms with van der Waals surface area (Å²) in [7, 11) is 0. The number of esters is 1. The molecule has 0 unspecified atom stereocenters. The summed E-state index contributed by atoms with van der Waals surface area (Å²) in [5.41, 5.74) is 3.10. The van der Waals surface area contributed by atoms with Crippen molar-refractivity contribution in [3.8, 4) is 11.5 Å². The van der Waals surface area contributed by atoms with Crippen LogP contribution in [-0.4, -0.2) is 36.5 Å². The maximum atomic E-state index is 12.9. The van der Waals surface area contributed by atoms with Gasteiger partial charge in [-0.15, -0.1) is 0 Å². The predicted octanol–water partition coefficient (Wildman–Crippen LogP) is 13.5. The predicted molar refractivity (Wildman–Crippen MR) is 225 cm³/mol. The highest BCUT2D eigenvalue weighted by atomic mass is 16.5. The topological polar surface area (TPSA) is 68.1 Å². The first kappa shape index (κ1) is 42.8. The number of benzene rings is 1. The van der Waals surface area contributed by atoms with Gasteiger partial charge in [-0.05, 0) is 123 Å². The molecule has 1 aromatic rings. The maximum absolute atomic E-state index is 12.9. The standard InChI is InChI=1S/C49H79NO4/c1-7-8-9-10-11-12-13-15-31-50-35-38-21-23-40(34-46(38)51)53-32-16-14-20-47(52)54-41-27-29-48(5)39(33-41)22-24-42-44-26-25-43(37(4)19-17-18-36(2)3)49(44,6)30-28-45(42)48/h21-23,34-37,41-45,51H,7-20,24-33H2,1-6H3/t37-,41+,42+,43-,44+,45+,48+,49-/m1/s1. The van der Waals surface area contributed by atoms with Crippen LogP contribution in [0.1, 0.15) is 188 Å². The lowest BCUT2D eigenvalue weighted by molar-refractivity contribution is -0.151. The summed E-state index contributed by atoms with van der Waals surface area (Å²) in [5, 5.41) is 10.5. The molecule has 8 atom stereocenters. The van der Waals surface area contributed by atoms with Crippen LogP contribution < -0.4 is 4.74 Å². The highest BCUT2D eigenvalue weighted by Gasteiger charge is 2.59. The lowest BCUT2D eigenvalue weighted by Gasteiger charge is -2.58. The second-order valence-corrected chi connectivity index (χ2v) is 19.2. The summed E-state index contributed by atoms with van der Waals surface area (Å²) < 4.78 is 12.0. The fourth-order valence-corrected chi connectivity index (χ4v) is 11.8. The Bertz CT molecular complexity index is 1370. The summed E-state index contributed by atoms with van der Waals surface area (Å²) >= 11 is 0. The van der Waals surface area contributed by atoms with E-state index in [-0.39, 0.29) is 23.2 Å². The second-order valence-electron chi connectivity index (χ2n) is 19.2. The van der Waals surface area contributed by atoms with Crippen LogP contribution in [0.25, 0.3) is 0 Å². The zero-order valence-electron chi connectivity index (χ0n) is 35.5. The van der Waals surface area contributed by atoms with Gasteiger partial charge in [-0.25, -0.2) is 0 Å². The zero-order valence-corrected chi connectivity index (χ0v) is 35.5. The summed E-state index contributed by atoms with van der Waals surface area (Å²) in [6.07, 6.45) is 30.8. The number of unbranched alkanes of at least 4 members (excludes halogenated alkanes) is 8. The number of fused-ring (bicyclic) bond motifs is 5. The van der Waals surface area contributed by atoms with Gasteiger partial charge >= 0.3 is 5.97 Å². The van der Waals surface area contributed by atoms with E-state index in [0.717, 1.165) is 86.1 Å². The fraction of sp³-hybridized carbons (Fsp3) is 0.796. The molecule has 0 aliphatic heterocycles. The molecule has 1 N–H and O–H groups in total. The minimum Gasteiger partial charge on any atom is -0.507 e. The number of allylic oxidation sites excluding steroid dienone is 1. The average molecular weight is 746 g/mol. The van der Waals surface area contributed by atoms with E-state index in [1.54, 1.807) is 17.9 Å². The number of phenolic OH excluding ortho intramolecular Hbond substituents is 1. The Balaban J connectivity index is 0.982. The molecule has 54 heavy (non-hydrogen) atoms. The molecular formula is C49H79NO4. The van der Waals surface area contributed by atoms with Crippen LogP contribution in [0.15, 0.2) is 34.8 Å². The molecule has 0 spiro atoms. The first-order valence-corrected chi connectivity index (χ1v) is 22.9. The number of aromatic hydroxyl groups is 1. The maximum Gasteiger partial charge on any atom is 0.306 e. The molecule has 5 nitrogen and oxygen atoms in total. The monoisotopic (exact) mass is 746 g/mol. The van der Waals surface area contributed by atoms with E-state index in [9.17, 15) is 9.90 Å². The fourth-order valence-electron chi connectivity index (χ4n) is 11.8. The molecule has 5 heteroatoms. The van der Waals surface area contributed by atoms with Crippen LogP contribution in [-0.2, 0) is 9.53 Å². The third-order valence-corrected chi connectivity index (χ3v) is 15.0. The molecule has 304 valence electrons. The Morgan fingerprint density at radius 2 is 1.69 bits per heavy atom. The van der Waals surface area contributed by atoms with Crippen molar-refractivity contribution in [1.82, 2.24) is 0 Å². The molecule has 5 rings (SSSR count). The number of aliphatic imine (C=N–C) groups is 1. The number of ether oxygens (including phenoxy) is 2. The third-order valence-electron chi connectivity index (χ3n) is 15.0. The van der Waals surface area contributed by atoms with Crippen LogP contribution >= 0.6 is 0 Å². The highest BCUT2D eigenvalue weighted by molar-refractivity contribution is 5.83. The van der Waals surface area contributed by atoms with Crippen LogP contribution in [0, 0.1) is 46.3 Å². The van der Waals surface area contributed by atoms with Gasteiger partial charge in [0.1, 0.15) is 17.6 Å². The van der Waals surface area contributed by atoms with Gasteiger partial charge in [-0.1, -0.05) is 117 Å². The molecule has 0 amide bonds. The number of hydrogen-bond acceptors (Lipinski definition) is 5. The Morgan fingerprint density at radius 3 is 2.44 bits per heavy atom. The van der Waals surface area contributed by atoms with Crippen molar-refractivity contribution in [2.45, 2.75) is 189 Å². The van der Waals surface area contributed by atoms with Crippen LogP contribution in [0.2, 0.25) is 0 Å². The molecule has 0 saturated heterocycles. The van der Waals surface area contributed by atoms with E-state index < -0.39 is 0 Å². The Morgan fingerprint density at radius 1 is 0.907 bits per heavy atom. The molecule has 1 aromatic carbocycles. The van der Waals surface area contributed by atoms with E-state index in [4.69, 9.17) is 9.47 Å². The molecule has 3 fully saturated rings. The minimum absolute atomic E-state index is 0.0198. The van der Waals surface area contributed by atoms with Crippen molar-refractivity contribution in [1.29, 1.82) is 0 Å². The van der Waals surface area contributed by atoms with Crippen molar-refractivity contribution in [2.75, 3.05) is 13.2 Å². The Hall–Kier alpha value is -2.30. The van der Waals surface area contributed by atoms with E-state index in [0.29, 0.717) is 24.2 Å². The van der Waals surface area contributed by atoms with Gasteiger partial charge in [0.25, 0.3) is 0 Å². The Kier molecular flexibility index (Phi) is 16.5. The molecular weight excluding hydrogens is 667 g/mol. The quantitative estimate of drug-likeness (QED) is 0.0555. The summed E-state index contributed by atoms with van der Waals surface area (Å²) in [6, 6.07) is 5.41. The molecule has 0 bridgehead atoms. The van der Waals surface area contributed by atoms with E-state index in [1.165, 1.54) is 96.3 Å².